The number of nitrogens with one attached hydrogen (secondary N) is 1. The van der Waals surface area contributed by atoms with E-state index in [2.05, 4.69) is 51.3 Å². The molecule has 112 valence electrons. The van der Waals surface area contributed by atoms with E-state index in [-0.39, 0.29) is 0 Å². The Morgan fingerprint density at radius 3 is 2.75 bits per heavy atom. The van der Waals surface area contributed by atoms with Crippen LogP contribution in [0.3, 0.4) is 0 Å². The Kier molecular flexibility index (Phi) is 6.33. The quantitative estimate of drug-likeness (QED) is 0.856. The minimum Gasteiger partial charge on any atom is -0.492 e. The van der Waals surface area contributed by atoms with Crippen LogP contribution < -0.4 is 10.1 Å². The van der Waals surface area contributed by atoms with E-state index in [1.807, 2.05) is 7.05 Å². The van der Waals surface area contributed by atoms with Gasteiger partial charge in [-0.25, -0.2) is 0 Å². The van der Waals surface area contributed by atoms with Crippen molar-refractivity contribution < 1.29 is 4.74 Å². The molecule has 0 aliphatic carbocycles. The molecule has 2 rings (SSSR count). The number of ether oxygens (including phenoxy) is 1. The Bertz CT molecular complexity index is 419. The summed E-state index contributed by atoms with van der Waals surface area (Å²) in [4.78, 5) is 2.50. The van der Waals surface area contributed by atoms with Crippen LogP contribution in [0, 0.1) is 0 Å². The molecule has 0 bridgehead atoms. The second kappa shape index (κ2) is 8.01. The number of piperidine rings is 1. The van der Waals surface area contributed by atoms with Gasteiger partial charge in [0.15, 0.2) is 0 Å². The molecule has 1 fully saturated rings. The molecule has 0 amide bonds. The van der Waals surface area contributed by atoms with Crippen LogP contribution in [0.2, 0.25) is 0 Å². The van der Waals surface area contributed by atoms with Gasteiger partial charge in [-0.1, -0.05) is 28.4 Å². The maximum atomic E-state index is 6.03. The molecule has 1 aromatic rings. The molecule has 4 heteroatoms. The maximum Gasteiger partial charge on any atom is 0.125 e. The lowest BCUT2D eigenvalue weighted by Gasteiger charge is -2.26. The summed E-state index contributed by atoms with van der Waals surface area (Å²) in [6.07, 6.45) is 4.05. The van der Waals surface area contributed by atoms with Crippen molar-refractivity contribution in [2.75, 3.05) is 33.3 Å². The van der Waals surface area contributed by atoms with Gasteiger partial charge in [-0.05, 0) is 52.0 Å². The summed E-state index contributed by atoms with van der Waals surface area (Å²) in [6.45, 7) is 6.39. The highest BCUT2D eigenvalue weighted by molar-refractivity contribution is 9.10. The Morgan fingerprint density at radius 2 is 2.05 bits per heavy atom. The van der Waals surface area contributed by atoms with Crippen LogP contribution in [0.15, 0.2) is 22.7 Å². The molecule has 1 N–H and O–H groups in total. The van der Waals surface area contributed by atoms with Crippen molar-refractivity contribution >= 4 is 15.9 Å². The van der Waals surface area contributed by atoms with Crippen molar-refractivity contribution in [1.29, 1.82) is 0 Å². The molecule has 0 aromatic heterocycles. The van der Waals surface area contributed by atoms with Gasteiger partial charge < -0.3 is 10.1 Å². The summed E-state index contributed by atoms with van der Waals surface area (Å²) >= 11 is 3.53. The Hall–Kier alpha value is -0.580. The van der Waals surface area contributed by atoms with Crippen molar-refractivity contribution in [2.24, 2.45) is 0 Å². The van der Waals surface area contributed by atoms with Crippen LogP contribution in [0.25, 0.3) is 0 Å². The second-order valence-corrected chi connectivity index (χ2v) is 6.36. The highest BCUT2D eigenvalue weighted by Crippen LogP contribution is 2.28. The van der Waals surface area contributed by atoms with Gasteiger partial charge in [-0.2, -0.15) is 0 Å². The average molecular weight is 341 g/mol. The minimum absolute atomic E-state index is 0.299. The molecular formula is C16H25BrN2O. The predicted octanol–water partition coefficient (Wildman–Crippen LogP) is 3.59. The summed E-state index contributed by atoms with van der Waals surface area (Å²) in [5.41, 5.74) is 1.22. The van der Waals surface area contributed by atoms with E-state index in [1.54, 1.807) is 0 Å². The third-order valence-electron chi connectivity index (χ3n) is 3.99. The summed E-state index contributed by atoms with van der Waals surface area (Å²) in [6, 6.07) is 6.56. The van der Waals surface area contributed by atoms with Crippen molar-refractivity contribution in [3.05, 3.63) is 28.2 Å². The Labute approximate surface area is 130 Å². The zero-order valence-corrected chi connectivity index (χ0v) is 14.1. The average Bonchev–Trinajstić information content (AvgIpc) is 2.48. The molecule has 0 spiro atoms. The van der Waals surface area contributed by atoms with Crippen LogP contribution in [-0.2, 0) is 0 Å². The van der Waals surface area contributed by atoms with Crippen molar-refractivity contribution in [3.63, 3.8) is 0 Å². The van der Waals surface area contributed by atoms with Crippen LogP contribution >= 0.6 is 15.9 Å². The molecule has 1 unspecified atom stereocenters. The first-order valence-corrected chi connectivity index (χ1v) is 8.32. The maximum absolute atomic E-state index is 6.03. The molecule has 1 heterocycles. The number of benzene rings is 1. The SMILES string of the molecule is CNC(C)c1ccc(Br)cc1OCCN1CCCCC1. The van der Waals surface area contributed by atoms with E-state index < -0.39 is 0 Å². The third-order valence-corrected chi connectivity index (χ3v) is 4.48. The van der Waals surface area contributed by atoms with Crippen molar-refractivity contribution in [3.8, 4) is 5.75 Å². The number of hydrogen-bond donors (Lipinski definition) is 1. The van der Waals surface area contributed by atoms with E-state index in [9.17, 15) is 0 Å². The lowest BCUT2D eigenvalue weighted by Crippen LogP contribution is -2.33. The van der Waals surface area contributed by atoms with Gasteiger partial charge in [0, 0.05) is 22.6 Å². The number of halogens is 1. The van der Waals surface area contributed by atoms with E-state index in [1.165, 1.54) is 37.9 Å². The number of nitrogens with zero attached hydrogens (tertiary/aromatic N) is 1. The molecule has 1 aliphatic heterocycles. The fraction of sp³-hybridized carbons (Fsp3) is 0.625. The smallest absolute Gasteiger partial charge is 0.125 e. The summed E-state index contributed by atoms with van der Waals surface area (Å²) < 4.78 is 7.10. The Balaban J connectivity index is 1.92. The van der Waals surface area contributed by atoms with Crippen molar-refractivity contribution in [2.45, 2.75) is 32.2 Å². The molecular weight excluding hydrogens is 316 g/mol. The Morgan fingerprint density at radius 1 is 1.30 bits per heavy atom. The van der Waals surface area contributed by atoms with Crippen LogP contribution in [0.4, 0.5) is 0 Å². The summed E-state index contributed by atoms with van der Waals surface area (Å²) in [5, 5.41) is 3.28. The normalized spacial score (nSPS) is 17.9. The molecule has 20 heavy (non-hydrogen) atoms. The van der Waals surface area contributed by atoms with E-state index in [0.717, 1.165) is 23.4 Å². The van der Waals surface area contributed by atoms with Gasteiger partial charge in [0.05, 0.1) is 0 Å². The van der Waals surface area contributed by atoms with E-state index in [0.29, 0.717) is 6.04 Å². The van der Waals surface area contributed by atoms with Gasteiger partial charge in [0.2, 0.25) is 0 Å². The highest BCUT2D eigenvalue weighted by atomic mass is 79.9. The van der Waals surface area contributed by atoms with Gasteiger partial charge in [0.1, 0.15) is 12.4 Å². The zero-order chi connectivity index (χ0) is 14.4. The first-order valence-electron chi connectivity index (χ1n) is 7.52. The number of rotatable bonds is 6. The summed E-state index contributed by atoms with van der Waals surface area (Å²) in [5.74, 6) is 0.984. The lowest BCUT2D eigenvalue weighted by molar-refractivity contribution is 0.182. The first kappa shape index (κ1) is 15.8. The molecule has 0 saturated carbocycles. The second-order valence-electron chi connectivity index (χ2n) is 5.44. The molecule has 0 radical (unpaired) electrons. The molecule has 1 saturated heterocycles. The van der Waals surface area contributed by atoms with Crippen molar-refractivity contribution in [1.82, 2.24) is 10.2 Å². The van der Waals surface area contributed by atoms with E-state index >= 15 is 0 Å². The number of hydrogen-bond acceptors (Lipinski definition) is 3. The fourth-order valence-corrected chi connectivity index (χ4v) is 2.95. The monoisotopic (exact) mass is 340 g/mol. The molecule has 3 nitrogen and oxygen atoms in total. The van der Waals surface area contributed by atoms with Gasteiger partial charge in [-0.3, -0.25) is 4.90 Å². The zero-order valence-electron chi connectivity index (χ0n) is 12.5. The first-order chi connectivity index (χ1) is 9.70. The fourth-order valence-electron chi connectivity index (χ4n) is 2.61. The van der Waals surface area contributed by atoms with Crippen LogP contribution in [0.1, 0.15) is 37.8 Å². The van der Waals surface area contributed by atoms with Gasteiger partial charge in [0.25, 0.3) is 0 Å². The molecule has 1 atom stereocenters. The third kappa shape index (κ3) is 4.47. The minimum atomic E-state index is 0.299. The van der Waals surface area contributed by atoms with Gasteiger partial charge >= 0.3 is 0 Å². The lowest BCUT2D eigenvalue weighted by atomic mass is 10.1. The highest BCUT2D eigenvalue weighted by Gasteiger charge is 2.13. The predicted molar refractivity (Wildman–Crippen MR) is 87.4 cm³/mol. The summed E-state index contributed by atoms with van der Waals surface area (Å²) in [7, 11) is 1.98. The standard InChI is InChI=1S/C16H25BrN2O/c1-13(18-2)15-7-6-14(17)12-16(15)20-11-10-19-8-4-3-5-9-19/h6-7,12-13,18H,3-5,8-11H2,1-2H3. The number of likely N-dealkylation sites (tertiary alicyclic amines) is 1. The topological polar surface area (TPSA) is 24.5 Å². The molecule has 1 aromatic carbocycles. The van der Waals surface area contributed by atoms with Gasteiger partial charge in [-0.15, -0.1) is 0 Å². The largest absolute Gasteiger partial charge is 0.492 e. The molecule has 1 aliphatic rings. The van der Waals surface area contributed by atoms with Crippen LogP contribution in [-0.4, -0.2) is 38.2 Å². The van der Waals surface area contributed by atoms with E-state index in [4.69, 9.17) is 4.74 Å². The van der Waals surface area contributed by atoms with Crippen LogP contribution in [0.5, 0.6) is 5.75 Å².